The van der Waals surface area contributed by atoms with Crippen molar-refractivity contribution < 1.29 is 61.8 Å². The molecule has 74 heavy (non-hydrogen) atoms. The molecule has 4 aromatic heterocycles. The minimum Gasteiger partial charge on any atom is -0.354 e. The van der Waals surface area contributed by atoms with Crippen molar-refractivity contribution in [1.82, 2.24) is 14.9 Å². The second-order valence-electron chi connectivity index (χ2n) is 17.2. The van der Waals surface area contributed by atoms with Crippen LogP contribution in [0.4, 0.5) is 52.7 Å². The van der Waals surface area contributed by atoms with Crippen molar-refractivity contribution >= 4 is 39.5 Å². The highest BCUT2D eigenvalue weighted by molar-refractivity contribution is 6.32. The second kappa shape index (κ2) is 17.6. The van der Waals surface area contributed by atoms with Crippen LogP contribution >= 0.6 is 0 Å². The van der Waals surface area contributed by atoms with Crippen LogP contribution in [0.2, 0.25) is 0 Å². The van der Waals surface area contributed by atoms with E-state index >= 15 is 52.7 Å². The minimum absolute atomic E-state index is 0.00565. The molecule has 7 nitrogen and oxygen atoms in total. The predicted octanol–water partition coefficient (Wildman–Crippen LogP) is 8.12. The van der Waals surface area contributed by atoms with Gasteiger partial charge in [-0.2, -0.15) is 0 Å². The van der Waals surface area contributed by atoms with Gasteiger partial charge in [-0.3, -0.25) is 0 Å². The number of aryl methyl sites for hydroxylation is 2. The molecule has 0 spiro atoms. The number of fused-ring (bicyclic) bond motifs is 6. The smallest absolute Gasteiger partial charge is 0.218 e. The number of allylic oxidation sites excluding steroid dienone is 5. The maximum atomic E-state index is 17.0. The Labute approximate surface area is 409 Å². The van der Waals surface area contributed by atoms with Gasteiger partial charge in [-0.1, -0.05) is 6.08 Å². The zero-order chi connectivity index (χ0) is 52.2. The SMILES string of the molecule is CN1C=CC=CC1=c1c(F)c(F)c(=C2C3=NC(=c4ccc([nH]4)=C(c4c(F)c(F)c(-c5cccc[n+]5C)c(F)c4F)C4=NC(=C(c5c(F)c(F)c(-c6cccc[n+]6C)c(F)c5F)c5ccc2[nH]5)C=C4)C=C3)c(F)c1F. The van der Waals surface area contributed by atoms with Crippen molar-refractivity contribution in [1.29, 1.82) is 0 Å². The van der Waals surface area contributed by atoms with Gasteiger partial charge >= 0.3 is 0 Å². The van der Waals surface area contributed by atoms with Crippen LogP contribution in [0.3, 0.4) is 0 Å². The number of likely N-dealkylation sites (N-methyl/N-ethyl adjacent to an activating group) is 1. The van der Waals surface area contributed by atoms with Gasteiger partial charge in [0.25, 0.3) is 0 Å². The number of benzene rings is 3. The number of hydrogen-bond acceptors (Lipinski definition) is 3. The number of nitrogens with zero attached hydrogens (tertiary/aromatic N) is 5. The molecule has 0 saturated carbocycles. The van der Waals surface area contributed by atoms with Gasteiger partial charge in [-0.25, -0.2) is 71.8 Å². The Morgan fingerprint density at radius 2 is 0.878 bits per heavy atom. The van der Waals surface area contributed by atoms with Crippen LogP contribution in [0.15, 0.2) is 137 Å². The molecule has 2 N–H and O–H groups in total. The molecule has 19 heteroatoms. The van der Waals surface area contributed by atoms with Gasteiger partial charge in [0.05, 0.1) is 55.4 Å². The van der Waals surface area contributed by atoms with Crippen LogP contribution in [0, 0.1) is 69.8 Å². The molecule has 8 bridgehead atoms. The summed E-state index contributed by atoms with van der Waals surface area (Å²) >= 11 is 0. The average Bonchev–Trinajstić information content (AvgIpc) is 4.25. The third kappa shape index (κ3) is 7.15. The number of nitrogens with one attached hydrogen (secondary N) is 2. The molecule has 0 unspecified atom stereocenters. The van der Waals surface area contributed by atoms with Crippen LogP contribution in [0.25, 0.3) is 50.6 Å². The molecule has 0 atom stereocenters. The first-order chi connectivity index (χ1) is 35.5. The van der Waals surface area contributed by atoms with Gasteiger partial charge in [0, 0.05) is 71.0 Å². The lowest BCUT2D eigenvalue weighted by Crippen LogP contribution is -2.35. The van der Waals surface area contributed by atoms with Crippen LogP contribution in [0.5, 0.6) is 0 Å². The lowest BCUT2D eigenvalue weighted by molar-refractivity contribution is -0.660. The minimum atomic E-state index is -1.99. The van der Waals surface area contributed by atoms with E-state index in [0.717, 1.165) is 24.3 Å². The second-order valence-corrected chi connectivity index (χ2v) is 17.2. The third-order valence-corrected chi connectivity index (χ3v) is 13.0. The summed E-state index contributed by atoms with van der Waals surface area (Å²) in [5.74, 6) is -22.6. The van der Waals surface area contributed by atoms with E-state index in [1.807, 2.05) is 0 Å². The lowest BCUT2D eigenvalue weighted by atomic mass is 9.95. The Balaban J connectivity index is 1.28. The Morgan fingerprint density at radius 3 is 1.42 bits per heavy atom. The maximum absolute atomic E-state index is 17.0. The number of hydrogen-bond donors (Lipinski definition) is 2. The molecular weight excluding hydrogens is 987 g/mol. The molecule has 0 radical (unpaired) electrons. The first kappa shape index (κ1) is 47.3. The van der Waals surface area contributed by atoms with E-state index < -0.39 is 142 Å². The number of halogens is 12. The van der Waals surface area contributed by atoms with E-state index in [-0.39, 0.29) is 39.2 Å². The van der Waals surface area contributed by atoms with Gasteiger partial charge in [-0.05, 0) is 72.9 Å². The number of aromatic nitrogens is 4. The van der Waals surface area contributed by atoms with Gasteiger partial charge in [0.1, 0.15) is 25.2 Å². The first-order valence-corrected chi connectivity index (χ1v) is 22.2. The predicted molar refractivity (Wildman–Crippen MR) is 249 cm³/mol. The fourth-order valence-electron chi connectivity index (χ4n) is 9.45. The maximum Gasteiger partial charge on any atom is 0.218 e. The summed E-state index contributed by atoms with van der Waals surface area (Å²) in [6.07, 6.45) is 12.8. The monoisotopic (exact) mass is 1020 g/mol. The first-order valence-electron chi connectivity index (χ1n) is 22.2. The van der Waals surface area contributed by atoms with Crippen LogP contribution in [-0.4, -0.2) is 33.3 Å². The molecule has 0 fully saturated rings. The largest absolute Gasteiger partial charge is 0.354 e. The molecule has 0 aliphatic carbocycles. The van der Waals surface area contributed by atoms with Gasteiger partial charge in [-0.15, -0.1) is 0 Å². The fraction of sp³-hybridized carbons (Fsp3) is 0.0545. The van der Waals surface area contributed by atoms with Crippen molar-refractivity contribution in [3.63, 3.8) is 0 Å². The normalized spacial score (nSPS) is 15.0. The molecular formula is C55H31F12N7+2. The van der Waals surface area contributed by atoms with E-state index in [4.69, 9.17) is 0 Å². The standard InChI is InChI=1S/C55H30F12N7/c1-72-21-7-4-10-32(72)38-44(56)50(62)41(51(63)45(38)57)35-26-15-13-24(68-26)25-14-16-27(69-25)36(42-52(64)46(58)39(47(59)53(42)65)33-11-5-8-22-73(33)2)29-18-20-31(71-29)37(30-19-17-28(35)70-30)43-54(66)48(60)40(49(61)55(43)67)34-12-6-9-23-74(34)3/h4-23H,1-3H3,(H,70,71)/q+1/p+1. The molecule has 0 amide bonds. The van der Waals surface area contributed by atoms with E-state index in [9.17, 15) is 0 Å². The van der Waals surface area contributed by atoms with Gasteiger partial charge in [0.15, 0.2) is 82.2 Å². The zero-order valence-electron chi connectivity index (χ0n) is 38.3. The molecule has 4 aliphatic heterocycles. The number of rotatable bonds is 4. The number of H-pyrrole nitrogens is 2. The zero-order valence-corrected chi connectivity index (χ0v) is 38.3. The molecule has 0 saturated heterocycles. The Morgan fingerprint density at radius 1 is 0.419 bits per heavy atom. The lowest BCUT2D eigenvalue weighted by Gasteiger charge is -2.19. The summed E-state index contributed by atoms with van der Waals surface area (Å²) < 4.78 is 203. The van der Waals surface area contributed by atoms with Crippen molar-refractivity contribution in [3.8, 4) is 22.5 Å². The summed E-state index contributed by atoms with van der Waals surface area (Å²) in [4.78, 5) is 15.8. The Bertz CT molecular complexity index is 4110. The quantitative estimate of drug-likeness (QED) is 0.105. The molecule has 11 rings (SSSR count). The van der Waals surface area contributed by atoms with E-state index in [1.165, 1.54) is 133 Å². The highest BCUT2D eigenvalue weighted by atomic mass is 19.2. The van der Waals surface area contributed by atoms with Crippen molar-refractivity contribution in [2.75, 3.05) is 7.05 Å². The van der Waals surface area contributed by atoms with Crippen molar-refractivity contribution in [2.45, 2.75) is 0 Å². The summed E-state index contributed by atoms with van der Waals surface area (Å²) in [6, 6.07) is 12.8. The van der Waals surface area contributed by atoms with Crippen LogP contribution in [-0.2, 0) is 14.1 Å². The Kier molecular flexibility index (Phi) is 11.3. The Hall–Kier alpha value is -9.00. The summed E-state index contributed by atoms with van der Waals surface area (Å²) in [7, 11) is 4.13. The van der Waals surface area contributed by atoms with E-state index in [1.54, 1.807) is 0 Å². The number of pyridine rings is 2. The summed E-state index contributed by atoms with van der Waals surface area (Å²) in [5.41, 5.74) is -10.4. The molecule has 8 heterocycles. The molecule has 368 valence electrons. The van der Waals surface area contributed by atoms with Crippen molar-refractivity contribution in [3.05, 3.63) is 241 Å². The molecule has 7 aromatic rings. The average molecular weight is 1020 g/mol. The topological polar surface area (TPSA) is 67.3 Å². The van der Waals surface area contributed by atoms with Gasteiger partial charge in [0.2, 0.25) is 11.4 Å². The van der Waals surface area contributed by atoms with E-state index in [0.29, 0.717) is 0 Å². The highest BCUT2D eigenvalue weighted by Crippen LogP contribution is 2.41. The van der Waals surface area contributed by atoms with Crippen molar-refractivity contribution in [2.24, 2.45) is 24.1 Å². The summed E-state index contributed by atoms with van der Waals surface area (Å²) in [6.45, 7) is 0. The number of aliphatic imine (C=N–C) groups is 2. The van der Waals surface area contributed by atoms with Crippen LogP contribution in [0.1, 0.15) is 22.5 Å². The third-order valence-electron chi connectivity index (χ3n) is 13.0. The van der Waals surface area contributed by atoms with E-state index in [2.05, 4.69) is 20.0 Å². The fourth-order valence-corrected chi connectivity index (χ4v) is 9.45. The van der Waals surface area contributed by atoms with Crippen LogP contribution < -0.4 is 30.3 Å². The summed E-state index contributed by atoms with van der Waals surface area (Å²) in [5, 5.41) is -2.66. The molecule has 4 aliphatic rings. The number of aromatic amines is 2. The van der Waals surface area contributed by atoms with Gasteiger partial charge < -0.3 is 14.9 Å². The highest BCUT2D eigenvalue weighted by Gasteiger charge is 2.37. The molecule has 3 aromatic carbocycles.